The molecule has 0 aromatic heterocycles. The lowest BCUT2D eigenvalue weighted by Crippen LogP contribution is -2.14. The highest BCUT2D eigenvalue weighted by Crippen LogP contribution is 2.02. The number of rotatable bonds is 8. The summed E-state index contributed by atoms with van der Waals surface area (Å²) in [4.78, 5) is 7.48. The summed E-state index contributed by atoms with van der Waals surface area (Å²) in [5.74, 6) is 0. The maximum absolute atomic E-state index is 5.34. The lowest BCUT2D eigenvalue weighted by atomic mass is 10.2. The van der Waals surface area contributed by atoms with E-state index in [4.69, 9.17) is 4.84 Å². The second-order valence-corrected chi connectivity index (χ2v) is 4.67. The van der Waals surface area contributed by atoms with Gasteiger partial charge in [-0.2, -0.15) is 0 Å². The van der Waals surface area contributed by atoms with Crippen molar-refractivity contribution in [2.45, 2.75) is 19.8 Å². The quantitative estimate of drug-likeness (QED) is 0.406. The van der Waals surface area contributed by atoms with E-state index in [0.717, 1.165) is 25.1 Å². The summed E-state index contributed by atoms with van der Waals surface area (Å²) in [7, 11) is 4.12. The van der Waals surface area contributed by atoms with Gasteiger partial charge in [-0.1, -0.05) is 48.5 Å². The molecule has 1 aromatic rings. The molecule has 0 aliphatic carbocycles. The lowest BCUT2D eigenvalue weighted by molar-refractivity contribution is 0.135. The van der Waals surface area contributed by atoms with Crippen molar-refractivity contribution < 1.29 is 4.84 Å². The minimum Gasteiger partial charge on any atom is -0.396 e. The Morgan fingerprint density at radius 3 is 2.63 bits per heavy atom. The zero-order valence-electron chi connectivity index (χ0n) is 12.2. The van der Waals surface area contributed by atoms with Crippen molar-refractivity contribution in [2.24, 2.45) is 5.16 Å². The number of nitrogens with zero attached hydrogens (tertiary/aromatic N) is 2. The third-order valence-corrected chi connectivity index (χ3v) is 2.65. The monoisotopic (exact) mass is 260 g/mol. The zero-order valence-corrected chi connectivity index (χ0v) is 12.2. The Morgan fingerprint density at radius 2 is 2.00 bits per heavy atom. The first-order valence-corrected chi connectivity index (χ1v) is 6.79. The number of allylic oxidation sites excluding steroid dienone is 1. The summed E-state index contributed by atoms with van der Waals surface area (Å²) in [5, 5.41) is 4.17. The summed E-state index contributed by atoms with van der Waals surface area (Å²) >= 11 is 0. The smallest absolute Gasteiger partial charge is 0.118 e. The van der Waals surface area contributed by atoms with Crippen LogP contribution in [0.25, 0.3) is 6.08 Å². The molecule has 0 spiro atoms. The molecule has 0 unspecified atom stereocenters. The van der Waals surface area contributed by atoms with Crippen LogP contribution in [0.1, 0.15) is 25.3 Å². The molecule has 3 heteroatoms. The van der Waals surface area contributed by atoms with Crippen LogP contribution in [0.3, 0.4) is 0 Å². The Bertz CT molecular complexity index is 396. The topological polar surface area (TPSA) is 24.8 Å². The van der Waals surface area contributed by atoms with Crippen molar-refractivity contribution in [3.63, 3.8) is 0 Å². The van der Waals surface area contributed by atoms with E-state index in [0.29, 0.717) is 6.61 Å². The first-order valence-electron chi connectivity index (χ1n) is 6.79. The fourth-order valence-electron chi connectivity index (χ4n) is 1.54. The van der Waals surface area contributed by atoms with Crippen LogP contribution in [0.5, 0.6) is 0 Å². The molecule has 0 amide bonds. The van der Waals surface area contributed by atoms with Gasteiger partial charge in [0.25, 0.3) is 0 Å². The Morgan fingerprint density at radius 1 is 1.26 bits per heavy atom. The SMILES string of the molecule is CCC(/C=C/c1ccccc1)=N\OCCCN(C)C. The second-order valence-electron chi connectivity index (χ2n) is 4.67. The zero-order chi connectivity index (χ0) is 13.9. The molecule has 0 saturated carbocycles. The predicted molar refractivity (Wildman–Crippen MR) is 82.3 cm³/mol. The standard InChI is InChI=1S/C16H24N2O/c1-4-16(17-19-14-8-13-18(2)3)12-11-15-9-6-5-7-10-15/h5-7,9-12H,4,8,13-14H2,1-3H3/b12-11+,17-16+. The van der Waals surface area contributed by atoms with Gasteiger partial charge >= 0.3 is 0 Å². The number of hydrogen-bond donors (Lipinski definition) is 0. The molecule has 1 rings (SSSR count). The fourth-order valence-corrected chi connectivity index (χ4v) is 1.54. The van der Waals surface area contributed by atoms with Gasteiger partial charge in [-0.3, -0.25) is 0 Å². The second kappa shape index (κ2) is 9.34. The van der Waals surface area contributed by atoms with Crippen LogP contribution in [0, 0.1) is 0 Å². The van der Waals surface area contributed by atoms with Crippen molar-refractivity contribution in [1.29, 1.82) is 0 Å². The molecular weight excluding hydrogens is 236 g/mol. The normalized spacial score (nSPS) is 12.3. The van der Waals surface area contributed by atoms with Crippen LogP contribution >= 0.6 is 0 Å². The van der Waals surface area contributed by atoms with Gasteiger partial charge in [0.15, 0.2) is 0 Å². The molecule has 0 saturated heterocycles. The van der Waals surface area contributed by atoms with Crippen LogP contribution < -0.4 is 0 Å². The van der Waals surface area contributed by atoms with E-state index >= 15 is 0 Å². The van der Waals surface area contributed by atoms with Gasteiger partial charge in [0, 0.05) is 6.54 Å². The number of benzene rings is 1. The van der Waals surface area contributed by atoms with Gasteiger partial charge in [0.05, 0.1) is 5.71 Å². The lowest BCUT2D eigenvalue weighted by Gasteiger charge is -2.07. The molecule has 0 atom stereocenters. The van der Waals surface area contributed by atoms with E-state index in [9.17, 15) is 0 Å². The molecule has 19 heavy (non-hydrogen) atoms. The highest BCUT2D eigenvalue weighted by Gasteiger charge is 1.93. The van der Waals surface area contributed by atoms with E-state index in [1.165, 1.54) is 5.56 Å². The van der Waals surface area contributed by atoms with Crippen LogP contribution in [0.15, 0.2) is 41.6 Å². The minimum absolute atomic E-state index is 0.668. The van der Waals surface area contributed by atoms with Gasteiger partial charge < -0.3 is 9.74 Å². The third-order valence-electron chi connectivity index (χ3n) is 2.65. The van der Waals surface area contributed by atoms with E-state index in [-0.39, 0.29) is 0 Å². The van der Waals surface area contributed by atoms with E-state index in [1.807, 2.05) is 24.3 Å². The number of oxime groups is 1. The fraction of sp³-hybridized carbons (Fsp3) is 0.438. The molecule has 0 radical (unpaired) electrons. The highest BCUT2D eigenvalue weighted by molar-refractivity contribution is 5.97. The molecular formula is C16H24N2O. The molecule has 104 valence electrons. The first-order chi connectivity index (χ1) is 9.22. The molecule has 0 bridgehead atoms. The Hall–Kier alpha value is -1.61. The van der Waals surface area contributed by atoms with Crippen molar-refractivity contribution in [1.82, 2.24) is 4.90 Å². The van der Waals surface area contributed by atoms with Crippen LogP contribution in [-0.2, 0) is 4.84 Å². The van der Waals surface area contributed by atoms with Crippen LogP contribution in [-0.4, -0.2) is 37.9 Å². The van der Waals surface area contributed by atoms with Gasteiger partial charge in [-0.15, -0.1) is 0 Å². The summed E-state index contributed by atoms with van der Waals surface area (Å²) in [6.45, 7) is 3.77. The van der Waals surface area contributed by atoms with Crippen molar-refractivity contribution in [3.8, 4) is 0 Å². The Labute approximate surface area is 116 Å². The first kappa shape index (κ1) is 15.4. The van der Waals surface area contributed by atoms with Crippen molar-refractivity contribution >= 4 is 11.8 Å². The molecule has 3 nitrogen and oxygen atoms in total. The van der Waals surface area contributed by atoms with E-state index in [1.54, 1.807) is 0 Å². The molecule has 0 fully saturated rings. The minimum atomic E-state index is 0.668. The molecule has 0 N–H and O–H groups in total. The third kappa shape index (κ3) is 7.42. The summed E-state index contributed by atoms with van der Waals surface area (Å²) < 4.78 is 0. The average Bonchev–Trinajstić information content (AvgIpc) is 2.42. The summed E-state index contributed by atoms with van der Waals surface area (Å²) in [6, 6.07) is 10.2. The van der Waals surface area contributed by atoms with Gasteiger partial charge in [-0.25, -0.2) is 0 Å². The average molecular weight is 260 g/mol. The summed E-state index contributed by atoms with van der Waals surface area (Å²) in [5.41, 5.74) is 2.14. The predicted octanol–water partition coefficient (Wildman–Crippen LogP) is 3.43. The van der Waals surface area contributed by atoms with E-state index < -0.39 is 0 Å². The number of hydrogen-bond acceptors (Lipinski definition) is 3. The maximum Gasteiger partial charge on any atom is 0.118 e. The van der Waals surface area contributed by atoms with Gasteiger partial charge in [0.2, 0.25) is 0 Å². The van der Waals surface area contributed by atoms with Crippen LogP contribution in [0.4, 0.5) is 0 Å². The maximum atomic E-state index is 5.34. The van der Waals surface area contributed by atoms with Crippen LogP contribution in [0.2, 0.25) is 0 Å². The highest BCUT2D eigenvalue weighted by atomic mass is 16.6. The van der Waals surface area contributed by atoms with Gasteiger partial charge in [0.1, 0.15) is 6.61 Å². The Kier molecular flexibility index (Phi) is 7.59. The molecule has 0 heterocycles. The largest absolute Gasteiger partial charge is 0.396 e. The molecule has 1 aromatic carbocycles. The van der Waals surface area contributed by atoms with E-state index in [2.05, 4.69) is 49.3 Å². The molecule has 0 aliphatic rings. The van der Waals surface area contributed by atoms with Gasteiger partial charge in [-0.05, 0) is 38.6 Å². The molecule has 0 aliphatic heterocycles. The van der Waals surface area contributed by atoms with Crippen molar-refractivity contribution in [2.75, 3.05) is 27.2 Å². The van der Waals surface area contributed by atoms with Crippen molar-refractivity contribution in [3.05, 3.63) is 42.0 Å². The summed E-state index contributed by atoms with van der Waals surface area (Å²) in [6.07, 6.45) is 5.94. The Balaban J connectivity index is 2.38.